The van der Waals surface area contributed by atoms with E-state index in [0.717, 1.165) is 11.2 Å². The summed E-state index contributed by atoms with van der Waals surface area (Å²) < 4.78 is 0. The Balaban J connectivity index is 2.03. The van der Waals surface area contributed by atoms with E-state index in [0.29, 0.717) is 11.4 Å². The maximum absolute atomic E-state index is 11.3. The first-order chi connectivity index (χ1) is 9.70. The first-order valence-electron chi connectivity index (χ1n) is 7.09. The monoisotopic (exact) mass is 273 g/mol. The van der Waals surface area contributed by atoms with Crippen molar-refractivity contribution < 1.29 is 9.90 Å². The van der Waals surface area contributed by atoms with E-state index in [2.05, 4.69) is 15.3 Å². The highest BCUT2D eigenvalue weighted by molar-refractivity contribution is 6.00. The molecule has 1 aliphatic rings. The van der Waals surface area contributed by atoms with Gasteiger partial charge in [0.1, 0.15) is 0 Å². The van der Waals surface area contributed by atoms with Crippen LogP contribution in [0.2, 0.25) is 0 Å². The molecule has 0 saturated heterocycles. The fourth-order valence-electron chi connectivity index (χ4n) is 3.33. The van der Waals surface area contributed by atoms with Crippen molar-refractivity contribution >= 4 is 17.0 Å². The van der Waals surface area contributed by atoms with Gasteiger partial charge >= 0.3 is 5.97 Å². The maximum Gasteiger partial charge on any atom is 0.337 e. The van der Waals surface area contributed by atoms with Crippen molar-refractivity contribution in [2.75, 3.05) is 7.05 Å². The number of rotatable bonds is 4. The highest BCUT2D eigenvalue weighted by atomic mass is 16.4. The molecule has 106 valence electrons. The van der Waals surface area contributed by atoms with Crippen molar-refractivity contribution in [2.45, 2.75) is 31.7 Å². The predicted molar refractivity (Wildman–Crippen MR) is 76.8 cm³/mol. The van der Waals surface area contributed by atoms with E-state index in [4.69, 9.17) is 0 Å². The van der Waals surface area contributed by atoms with Gasteiger partial charge in [0, 0.05) is 17.9 Å². The molecular formula is C15H19N3O2. The standard InChI is InChI=1S/C15H19N3O2/c1-16-13(9-4-2-3-5-9)12-8-11-14(18-12)10(15(19)20)6-7-17-11/h6-9,13,16,18H,2-5H2,1H3,(H,19,20). The number of aromatic nitrogens is 2. The lowest BCUT2D eigenvalue weighted by molar-refractivity contribution is 0.0698. The number of hydrogen-bond acceptors (Lipinski definition) is 3. The van der Waals surface area contributed by atoms with Gasteiger partial charge in [0.2, 0.25) is 0 Å². The van der Waals surface area contributed by atoms with Gasteiger partial charge in [-0.15, -0.1) is 0 Å². The predicted octanol–water partition coefficient (Wildman–Crippen LogP) is 2.71. The molecule has 5 nitrogen and oxygen atoms in total. The normalized spacial score (nSPS) is 17.6. The number of fused-ring (bicyclic) bond motifs is 1. The minimum Gasteiger partial charge on any atom is -0.478 e. The molecule has 0 amide bonds. The van der Waals surface area contributed by atoms with E-state index in [-0.39, 0.29) is 11.6 Å². The molecule has 0 radical (unpaired) electrons. The quantitative estimate of drug-likeness (QED) is 0.800. The molecule has 0 bridgehead atoms. The first-order valence-corrected chi connectivity index (χ1v) is 7.09. The maximum atomic E-state index is 11.3. The van der Waals surface area contributed by atoms with E-state index < -0.39 is 5.97 Å². The van der Waals surface area contributed by atoms with Gasteiger partial charge < -0.3 is 15.4 Å². The second-order valence-corrected chi connectivity index (χ2v) is 5.46. The van der Waals surface area contributed by atoms with E-state index in [1.807, 2.05) is 13.1 Å². The van der Waals surface area contributed by atoms with Crippen molar-refractivity contribution in [3.63, 3.8) is 0 Å². The number of carboxylic acid groups (broad SMARTS) is 1. The molecule has 1 saturated carbocycles. The molecule has 2 heterocycles. The molecule has 5 heteroatoms. The van der Waals surface area contributed by atoms with Crippen LogP contribution in [0.4, 0.5) is 0 Å². The number of aromatic amines is 1. The van der Waals surface area contributed by atoms with Crippen LogP contribution >= 0.6 is 0 Å². The number of carbonyl (C=O) groups is 1. The summed E-state index contributed by atoms with van der Waals surface area (Å²) in [5, 5.41) is 12.6. The van der Waals surface area contributed by atoms with Crippen molar-refractivity contribution in [1.82, 2.24) is 15.3 Å². The summed E-state index contributed by atoms with van der Waals surface area (Å²) in [6.07, 6.45) is 6.55. The van der Waals surface area contributed by atoms with Gasteiger partial charge in [-0.1, -0.05) is 12.8 Å². The molecule has 0 aliphatic heterocycles. The first kappa shape index (κ1) is 13.1. The Labute approximate surface area is 117 Å². The van der Waals surface area contributed by atoms with Gasteiger partial charge in [0.15, 0.2) is 0 Å². The average molecular weight is 273 g/mol. The van der Waals surface area contributed by atoms with Crippen LogP contribution in [-0.2, 0) is 0 Å². The minimum absolute atomic E-state index is 0.244. The lowest BCUT2D eigenvalue weighted by atomic mass is 9.96. The fourth-order valence-corrected chi connectivity index (χ4v) is 3.33. The van der Waals surface area contributed by atoms with Crippen molar-refractivity contribution in [3.05, 3.63) is 29.6 Å². The average Bonchev–Trinajstić information content (AvgIpc) is 3.07. The molecule has 0 spiro atoms. The van der Waals surface area contributed by atoms with Crippen LogP contribution in [0.5, 0.6) is 0 Å². The van der Waals surface area contributed by atoms with Gasteiger partial charge in [-0.2, -0.15) is 0 Å². The Morgan fingerprint density at radius 3 is 2.90 bits per heavy atom. The lowest BCUT2D eigenvalue weighted by Crippen LogP contribution is -2.23. The number of nitrogens with zero attached hydrogens (tertiary/aromatic N) is 1. The third kappa shape index (κ3) is 2.18. The van der Waals surface area contributed by atoms with Gasteiger partial charge in [0.05, 0.1) is 16.6 Å². The Morgan fingerprint density at radius 1 is 1.50 bits per heavy atom. The number of H-pyrrole nitrogens is 1. The number of carboxylic acids is 1. The Hall–Kier alpha value is -1.88. The minimum atomic E-state index is -0.923. The molecule has 3 rings (SSSR count). The second-order valence-electron chi connectivity index (χ2n) is 5.46. The second kappa shape index (κ2) is 5.25. The van der Waals surface area contributed by atoms with Crippen LogP contribution in [0.1, 0.15) is 47.8 Å². The summed E-state index contributed by atoms with van der Waals surface area (Å²) in [6.45, 7) is 0. The summed E-state index contributed by atoms with van der Waals surface area (Å²) in [4.78, 5) is 18.8. The van der Waals surface area contributed by atoms with Crippen LogP contribution in [-0.4, -0.2) is 28.1 Å². The van der Waals surface area contributed by atoms with E-state index in [1.165, 1.54) is 31.7 Å². The Morgan fingerprint density at radius 2 is 2.25 bits per heavy atom. The van der Waals surface area contributed by atoms with Crippen LogP contribution in [0, 0.1) is 5.92 Å². The molecule has 1 unspecified atom stereocenters. The smallest absolute Gasteiger partial charge is 0.337 e. The molecule has 20 heavy (non-hydrogen) atoms. The molecule has 1 fully saturated rings. The van der Waals surface area contributed by atoms with E-state index in [1.54, 1.807) is 6.20 Å². The zero-order chi connectivity index (χ0) is 14.1. The Kier molecular flexibility index (Phi) is 3.44. The SMILES string of the molecule is CNC(c1cc2nccc(C(=O)O)c2[nH]1)C1CCCC1. The van der Waals surface area contributed by atoms with Crippen LogP contribution in [0.15, 0.2) is 18.3 Å². The highest BCUT2D eigenvalue weighted by Gasteiger charge is 2.27. The fraction of sp³-hybridized carbons (Fsp3) is 0.467. The summed E-state index contributed by atoms with van der Waals surface area (Å²) in [5.74, 6) is -0.311. The van der Waals surface area contributed by atoms with Gasteiger partial charge in [-0.25, -0.2) is 4.79 Å². The van der Waals surface area contributed by atoms with Gasteiger partial charge in [-0.3, -0.25) is 4.98 Å². The Bertz CT molecular complexity index is 629. The zero-order valence-electron chi connectivity index (χ0n) is 11.5. The number of nitrogens with one attached hydrogen (secondary N) is 2. The third-order valence-electron chi connectivity index (χ3n) is 4.29. The number of hydrogen-bond donors (Lipinski definition) is 3. The van der Waals surface area contributed by atoms with E-state index >= 15 is 0 Å². The number of aromatic carboxylic acids is 1. The molecular weight excluding hydrogens is 254 g/mol. The molecule has 2 aromatic rings. The highest BCUT2D eigenvalue weighted by Crippen LogP contribution is 2.36. The molecule has 1 atom stereocenters. The van der Waals surface area contributed by atoms with Crippen LogP contribution in [0.25, 0.3) is 11.0 Å². The van der Waals surface area contributed by atoms with Crippen molar-refractivity contribution in [3.8, 4) is 0 Å². The van der Waals surface area contributed by atoms with E-state index in [9.17, 15) is 9.90 Å². The molecule has 1 aliphatic carbocycles. The molecule has 3 N–H and O–H groups in total. The van der Waals surface area contributed by atoms with Crippen LogP contribution < -0.4 is 5.32 Å². The largest absolute Gasteiger partial charge is 0.478 e. The zero-order valence-corrected chi connectivity index (χ0v) is 11.5. The molecule has 2 aromatic heterocycles. The van der Waals surface area contributed by atoms with Crippen LogP contribution in [0.3, 0.4) is 0 Å². The molecule has 0 aromatic carbocycles. The van der Waals surface area contributed by atoms with Crippen molar-refractivity contribution in [1.29, 1.82) is 0 Å². The summed E-state index contributed by atoms with van der Waals surface area (Å²) in [6, 6.07) is 3.75. The summed E-state index contributed by atoms with van der Waals surface area (Å²) >= 11 is 0. The number of pyridine rings is 1. The topological polar surface area (TPSA) is 78.0 Å². The van der Waals surface area contributed by atoms with Gasteiger partial charge in [0.25, 0.3) is 0 Å². The summed E-state index contributed by atoms with van der Waals surface area (Å²) in [7, 11) is 1.96. The third-order valence-corrected chi connectivity index (χ3v) is 4.29. The van der Waals surface area contributed by atoms with Gasteiger partial charge in [-0.05, 0) is 37.9 Å². The van der Waals surface area contributed by atoms with Crippen molar-refractivity contribution in [2.24, 2.45) is 5.92 Å². The summed E-state index contributed by atoms with van der Waals surface area (Å²) in [5.41, 5.74) is 2.66. The lowest BCUT2D eigenvalue weighted by Gasteiger charge is -2.21.